The highest BCUT2D eigenvalue weighted by Crippen LogP contribution is 2.19. The Morgan fingerprint density at radius 2 is 2.33 bits per heavy atom. The normalized spacial score (nSPS) is 26.7. The maximum absolute atomic E-state index is 11.7. The second-order valence-electron chi connectivity index (χ2n) is 4.53. The predicted molar refractivity (Wildman–Crippen MR) is 63.0 cm³/mol. The lowest BCUT2D eigenvalue weighted by molar-refractivity contribution is -0.123. The molecule has 0 aromatic carbocycles. The number of rotatable bonds is 4. The first kappa shape index (κ1) is 12.8. The molecule has 0 aliphatic carbocycles. The monoisotopic (exact) mass is 232 g/mol. The number of amides is 1. The Kier molecular flexibility index (Phi) is 4.43. The molecule has 1 aliphatic heterocycles. The van der Waals surface area contributed by atoms with Crippen molar-refractivity contribution in [3.8, 4) is 0 Å². The van der Waals surface area contributed by atoms with Crippen LogP contribution in [-0.2, 0) is 4.79 Å². The van der Waals surface area contributed by atoms with Crippen LogP contribution in [0.1, 0.15) is 20.3 Å². The summed E-state index contributed by atoms with van der Waals surface area (Å²) in [6, 6.07) is -0.224. The first-order valence-corrected chi connectivity index (χ1v) is 6.41. The lowest BCUT2D eigenvalue weighted by Gasteiger charge is -2.23. The Balaban J connectivity index is 2.30. The zero-order valence-corrected chi connectivity index (χ0v) is 10.4. The molecular weight excluding hydrogens is 212 g/mol. The van der Waals surface area contributed by atoms with Gasteiger partial charge in [0.2, 0.25) is 5.91 Å². The molecule has 1 amide bonds. The average molecular weight is 232 g/mol. The van der Waals surface area contributed by atoms with Gasteiger partial charge < -0.3 is 15.7 Å². The van der Waals surface area contributed by atoms with E-state index in [0.717, 1.165) is 0 Å². The molecule has 1 saturated heterocycles. The average Bonchev–Trinajstić information content (AvgIpc) is 2.61. The zero-order chi connectivity index (χ0) is 11.5. The van der Waals surface area contributed by atoms with Gasteiger partial charge in [0.25, 0.3) is 0 Å². The SMILES string of the molecule is CSC(C)(C)CNC(=O)C1CC(O)CN1. The van der Waals surface area contributed by atoms with E-state index in [1.807, 2.05) is 6.26 Å². The fourth-order valence-corrected chi connectivity index (χ4v) is 1.63. The molecule has 0 aromatic heterocycles. The Morgan fingerprint density at radius 1 is 1.67 bits per heavy atom. The molecule has 2 unspecified atom stereocenters. The first-order chi connectivity index (χ1) is 6.94. The Labute approximate surface area is 95.2 Å². The van der Waals surface area contributed by atoms with Crippen LogP contribution < -0.4 is 10.6 Å². The van der Waals surface area contributed by atoms with Crippen LogP contribution in [0.15, 0.2) is 0 Å². The van der Waals surface area contributed by atoms with Crippen LogP contribution in [0.5, 0.6) is 0 Å². The maximum Gasteiger partial charge on any atom is 0.237 e. The molecule has 4 nitrogen and oxygen atoms in total. The Bertz CT molecular complexity index is 233. The van der Waals surface area contributed by atoms with E-state index in [1.54, 1.807) is 11.8 Å². The van der Waals surface area contributed by atoms with E-state index in [2.05, 4.69) is 24.5 Å². The summed E-state index contributed by atoms with van der Waals surface area (Å²) in [6.07, 6.45) is 2.17. The topological polar surface area (TPSA) is 61.4 Å². The lowest BCUT2D eigenvalue weighted by Crippen LogP contribution is -2.44. The third kappa shape index (κ3) is 4.01. The number of thioether (sulfide) groups is 1. The van der Waals surface area contributed by atoms with Crippen molar-refractivity contribution in [2.45, 2.75) is 37.2 Å². The van der Waals surface area contributed by atoms with E-state index in [9.17, 15) is 9.90 Å². The van der Waals surface area contributed by atoms with E-state index in [4.69, 9.17) is 0 Å². The number of carbonyl (C=O) groups is 1. The van der Waals surface area contributed by atoms with Gasteiger partial charge in [-0.15, -0.1) is 0 Å². The lowest BCUT2D eigenvalue weighted by atomic mass is 10.1. The predicted octanol–water partition coefficient (Wildman–Crippen LogP) is -0.0330. The molecule has 1 fully saturated rings. The van der Waals surface area contributed by atoms with Crippen LogP contribution in [0.25, 0.3) is 0 Å². The minimum atomic E-state index is -0.380. The van der Waals surface area contributed by atoms with E-state index in [0.29, 0.717) is 19.5 Å². The van der Waals surface area contributed by atoms with Gasteiger partial charge in [0.1, 0.15) is 0 Å². The highest BCUT2D eigenvalue weighted by molar-refractivity contribution is 7.99. The van der Waals surface area contributed by atoms with Gasteiger partial charge in [0.15, 0.2) is 0 Å². The third-order valence-electron chi connectivity index (χ3n) is 2.67. The van der Waals surface area contributed by atoms with Gasteiger partial charge in [-0.2, -0.15) is 11.8 Å². The van der Waals surface area contributed by atoms with Crippen LogP contribution in [0.4, 0.5) is 0 Å². The van der Waals surface area contributed by atoms with Gasteiger partial charge in [0, 0.05) is 17.8 Å². The number of aliphatic hydroxyl groups excluding tert-OH is 1. The van der Waals surface area contributed by atoms with Gasteiger partial charge in [-0.1, -0.05) is 0 Å². The van der Waals surface area contributed by atoms with Crippen molar-refractivity contribution in [2.75, 3.05) is 19.3 Å². The molecule has 1 aliphatic rings. The molecule has 3 N–H and O–H groups in total. The molecule has 5 heteroatoms. The molecule has 0 aromatic rings. The fraction of sp³-hybridized carbons (Fsp3) is 0.900. The Morgan fingerprint density at radius 3 is 2.80 bits per heavy atom. The van der Waals surface area contributed by atoms with Gasteiger partial charge in [-0.3, -0.25) is 4.79 Å². The van der Waals surface area contributed by atoms with Crippen molar-refractivity contribution in [1.82, 2.24) is 10.6 Å². The molecule has 0 spiro atoms. The first-order valence-electron chi connectivity index (χ1n) is 5.19. The zero-order valence-electron chi connectivity index (χ0n) is 9.54. The number of hydrogen-bond acceptors (Lipinski definition) is 4. The summed E-state index contributed by atoms with van der Waals surface area (Å²) in [4.78, 5) is 11.7. The number of hydrogen-bond donors (Lipinski definition) is 3. The summed E-state index contributed by atoms with van der Waals surface area (Å²) < 4.78 is 0.0624. The highest BCUT2D eigenvalue weighted by Gasteiger charge is 2.28. The summed E-state index contributed by atoms with van der Waals surface area (Å²) in [5, 5.41) is 15.2. The molecule has 0 saturated carbocycles. The summed E-state index contributed by atoms with van der Waals surface area (Å²) in [6.45, 7) is 5.36. The van der Waals surface area contributed by atoms with Gasteiger partial charge in [0.05, 0.1) is 12.1 Å². The number of carbonyl (C=O) groups excluding carboxylic acids is 1. The minimum Gasteiger partial charge on any atom is -0.392 e. The van der Waals surface area contributed by atoms with Crippen molar-refractivity contribution in [3.63, 3.8) is 0 Å². The summed E-state index contributed by atoms with van der Waals surface area (Å²) in [5.74, 6) is -0.00586. The molecule has 88 valence electrons. The maximum atomic E-state index is 11.7. The van der Waals surface area contributed by atoms with Crippen molar-refractivity contribution in [1.29, 1.82) is 0 Å². The molecular formula is C10H20N2O2S. The molecule has 0 bridgehead atoms. The van der Waals surface area contributed by atoms with Crippen LogP contribution >= 0.6 is 11.8 Å². The van der Waals surface area contributed by atoms with Crippen molar-refractivity contribution >= 4 is 17.7 Å². The second kappa shape index (κ2) is 5.18. The van der Waals surface area contributed by atoms with Gasteiger partial charge >= 0.3 is 0 Å². The van der Waals surface area contributed by atoms with E-state index in [-0.39, 0.29) is 22.8 Å². The largest absolute Gasteiger partial charge is 0.392 e. The molecule has 0 radical (unpaired) electrons. The quantitative estimate of drug-likeness (QED) is 0.637. The molecule has 1 rings (SSSR count). The van der Waals surface area contributed by atoms with E-state index < -0.39 is 0 Å². The number of β-amino-alcohol motifs (C(OH)–C–C–N with tert-alkyl or cyclic N) is 1. The summed E-state index contributed by atoms with van der Waals surface area (Å²) in [5.41, 5.74) is 0. The fourth-order valence-electron chi connectivity index (χ4n) is 1.41. The Hall–Kier alpha value is -0.260. The van der Waals surface area contributed by atoms with E-state index in [1.165, 1.54) is 0 Å². The van der Waals surface area contributed by atoms with Crippen LogP contribution in [0, 0.1) is 0 Å². The third-order valence-corrected chi connectivity index (χ3v) is 3.91. The van der Waals surface area contributed by atoms with Crippen molar-refractivity contribution < 1.29 is 9.90 Å². The van der Waals surface area contributed by atoms with Crippen LogP contribution in [0.2, 0.25) is 0 Å². The number of aliphatic hydroxyl groups is 1. The minimum absolute atomic E-state index is 0.00586. The molecule has 2 atom stereocenters. The molecule has 15 heavy (non-hydrogen) atoms. The smallest absolute Gasteiger partial charge is 0.237 e. The standard InChI is InChI=1S/C10H20N2O2S/c1-10(2,15-3)6-12-9(14)8-4-7(13)5-11-8/h7-8,11,13H,4-6H2,1-3H3,(H,12,14). The number of nitrogens with one attached hydrogen (secondary N) is 2. The van der Waals surface area contributed by atoms with Crippen LogP contribution in [-0.4, -0.2) is 47.3 Å². The summed E-state index contributed by atoms with van der Waals surface area (Å²) >= 11 is 1.73. The van der Waals surface area contributed by atoms with Crippen molar-refractivity contribution in [3.05, 3.63) is 0 Å². The van der Waals surface area contributed by atoms with Crippen molar-refractivity contribution in [2.24, 2.45) is 0 Å². The van der Waals surface area contributed by atoms with Crippen LogP contribution in [0.3, 0.4) is 0 Å². The van der Waals surface area contributed by atoms with Gasteiger partial charge in [-0.05, 0) is 26.5 Å². The second-order valence-corrected chi connectivity index (χ2v) is 6.05. The molecule has 1 heterocycles. The van der Waals surface area contributed by atoms with E-state index >= 15 is 0 Å². The highest BCUT2D eigenvalue weighted by atomic mass is 32.2. The van der Waals surface area contributed by atoms with Gasteiger partial charge in [-0.25, -0.2) is 0 Å². The summed E-state index contributed by atoms with van der Waals surface area (Å²) in [7, 11) is 0.